The quantitative estimate of drug-likeness (QED) is 0.754. The topological polar surface area (TPSA) is 58.2 Å². The highest BCUT2D eigenvalue weighted by atomic mass is 16.2. The SMILES string of the molecule is CC.CC(C)C1CCC(=O)N1.CC1CNC(=O)C1. The van der Waals surface area contributed by atoms with Gasteiger partial charge in [0.05, 0.1) is 0 Å². The second kappa shape index (κ2) is 8.95. The zero-order valence-corrected chi connectivity index (χ0v) is 12.4. The van der Waals surface area contributed by atoms with Gasteiger partial charge in [-0.3, -0.25) is 9.59 Å². The van der Waals surface area contributed by atoms with Gasteiger partial charge in [0.15, 0.2) is 0 Å². The van der Waals surface area contributed by atoms with Crippen molar-refractivity contribution in [3.8, 4) is 0 Å². The molecule has 0 spiro atoms. The van der Waals surface area contributed by atoms with Crippen LogP contribution in [0.5, 0.6) is 0 Å². The fraction of sp³-hybridized carbons (Fsp3) is 0.857. The van der Waals surface area contributed by atoms with Gasteiger partial charge in [0, 0.05) is 25.4 Å². The molecule has 2 unspecified atom stereocenters. The Balaban J connectivity index is 0.000000289. The van der Waals surface area contributed by atoms with Crippen molar-refractivity contribution in [2.24, 2.45) is 11.8 Å². The Bertz CT molecular complexity index is 265. The van der Waals surface area contributed by atoms with E-state index in [1.165, 1.54) is 0 Å². The molecule has 2 aliphatic rings. The maximum Gasteiger partial charge on any atom is 0.220 e. The number of carbonyl (C=O) groups excluding carboxylic acids is 2. The monoisotopic (exact) mass is 256 g/mol. The Hall–Kier alpha value is -1.06. The van der Waals surface area contributed by atoms with Crippen LogP contribution in [0.25, 0.3) is 0 Å². The van der Waals surface area contributed by atoms with Gasteiger partial charge >= 0.3 is 0 Å². The Labute approximate surface area is 111 Å². The van der Waals surface area contributed by atoms with E-state index >= 15 is 0 Å². The molecule has 2 N–H and O–H groups in total. The normalized spacial score (nSPS) is 25.7. The van der Waals surface area contributed by atoms with Crippen LogP contribution in [0.1, 0.15) is 53.9 Å². The molecule has 4 nitrogen and oxygen atoms in total. The lowest BCUT2D eigenvalue weighted by atomic mass is 10.0. The molecule has 0 bridgehead atoms. The van der Waals surface area contributed by atoms with E-state index in [-0.39, 0.29) is 11.8 Å². The summed E-state index contributed by atoms with van der Waals surface area (Å²) in [4.78, 5) is 21.0. The van der Waals surface area contributed by atoms with Gasteiger partial charge in [-0.05, 0) is 18.3 Å². The van der Waals surface area contributed by atoms with Gasteiger partial charge in [0.2, 0.25) is 11.8 Å². The number of rotatable bonds is 1. The van der Waals surface area contributed by atoms with Gasteiger partial charge in [-0.2, -0.15) is 0 Å². The molecule has 2 heterocycles. The van der Waals surface area contributed by atoms with Gasteiger partial charge in [-0.1, -0.05) is 34.6 Å². The van der Waals surface area contributed by atoms with Crippen LogP contribution in [-0.4, -0.2) is 24.4 Å². The van der Waals surface area contributed by atoms with E-state index in [1.54, 1.807) is 0 Å². The van der Waals surface area contributed by atoms with Crippen molar-refractivity contribution >= 4 is 11.8 Å². The van der Waals surface area contributed by atoms with Crippen molar-refractivity contribution in [2.45, 2.75) is 59.9 Å². The second-order valence-corrected chi connectivity index (χ2v) is 5.07. The number of carbonyl (C=O) groups is 2. The standard InChI is InChI=1S/C7H13NO.C5H9NO.C2H6/c1-5(2)6-3-4-7(9)8-6;1-4-2-5(7)6-3-4;1-2/h5-6H,3-4H2,1-2H3,(H,8,9);4H,2-3H2,1H3,(H,6,7);1-2H3. The maximum absolute atomic E-state index is 10.6. The van der Waals surface area contributed by atoms with Crippen LogP contribution in [0.15, 0.2) is 0 Å². The number of hydrogen-bond donors (Lipinski definition) is 2. The lowest BCUT2D eigenvalue weighted by Crippen LogP contribution is -2.29. The summed E-state index contributed by atoms with van der Waals surface area (Å²) in [5, 5.41) is 5.64. The molecule has 18 heavy (non-hydrogen) atoms. The van der Waals surface area contributed by atoms with Crippen LogP contribution in [0.2, 0.25) is 0 Å². The fourth-order valence-electron chi connectivity index (χ4n) is 1.89. The molecule has 0 aromatic heterocycles. The maximum atomic E-state index is 10.6. The van der Waals surface area contributed by atoms with Crippen molar-refractivity contribution in [2.75, 3.05) is 6.54 Å². The van der Waals surface area contributed by atoms with Gasteiger partial charge in [0.1, 0.15) is 0 Å². The summed E-state index contributed by atoms with van der Waals surface area (Å²) >= 11 is 0. The smallest absolute Gasteiger partial charge is 0.220 e. The molecule has 2 rings (SSSR count). The van der Waals surface area contributed by atoms with Crippen LogP contribution in [0, 0.1) is 11.8 Å². The highest BCUT2D eigenvalue weighted by molar-refractivity contribution is 5.78. The average Bonchev–Trinajstić information content (AvgIpc) is 2.91. The zero-order valence-electron chi connectivity index (χ0n) is 12.4. The van der Waals surface area contributed by atoms with Gasteiger partial charge < -0.3 is 10.6 Å². The summed E-state index contributed by atoms with van der Waals surface area (Å²) < 4.78 is 0. The molecule has 2 aliphatic heterocycles. The third kappa shape index (κ3) is 6.62. The van der Waals surface area contributed by atoms with Crippen LogP contribution < -0.4 is 10.6 Å². The van der Waals surface area contributed by atoms with Gasteiger partial charge in [0.25, 0.3) is 0 Å². The summed E-state index contributed by atoms with van der Waals surface area (Å²) in [5.74, 6) is 1.57. The van der Waals surface area contributed by atoms with Gasteiger partial charge in [-0.25, -0.2) is 0 Å². The van der Waals surface area contributed by atoms with Crippen molar-refractivity contribution < 1.29 is 9.59 Å². The largest absolute Gasteiger partial charge is 0.356 e. The van der Waals surface area contributed by atoms with Gasteiger partial charge in [-0.15, -0.1) is 0 Å². The van der Waals surface area contributed by atoms with Crippen LogP contribution in [-0.2, 0) is 9.59 Å². The molecule has 0 radical (unpaired) electrons. The van der Waals surface area contributed by atoms with E-state index in [9.17, 15) is 9.59 Å². The minimum absolute atomic E-state index is 0.201. The Morgan fingerprint density at radius 3 is 1.94 bits per heavy atom. The summed E-state index contributed by atoms with van der Waals surface area (Å²) in [6, 6.07) is 0.442. The molecule has 2 saturated heterocycles. The van der Waals surface area contributed by atoms with Crippen LogP contribution in [0.3, 0.4) is 0 Å². The van der Waals surface area contributed by atoms with E-state index in [4.69, 9.17) is 0 Å². The first-order valence-electron chi connectivity index (χ1n) is 7.05. The highest BCUT2D eigenvalue weighted by Crippen LogP contribution is 2.13. The molecule has 2 fully saturated rings. The molecular formula is C14H28N2O2. The fourth-order valence-corrected chi connectivity index (χ4v) is 1.89. The molecule has 2 atom stereocenters. The van der Waals surface area contributed by atoms with Crippen molar-refractivity contribution in [1.82, 2.24) is 10.6 Å². The van der Waals surface area contributed by atoms with E-state index in [0.717, 1.165) is 25.8 Å². The first-order chi connectivity index (χ1) is 8.49. The number of amides is 2. The van der Waals surface area contributed by atoms with Crippen molar-refractivity contribution in [3.63, 3.8) is 0 Å². The Morgan fingerprint density at radius 1 is 1.17 bits per heavy atom. The predicted octanol–water partition coefficient (Wildman–Crippen LogP) is 2.09. The molecule has 4 heteroatoms. The first kappa shape index (κ1) is 16.9. The zero-order chi connectivity index (χ0) is 14.1. The first-order valence-corrected chi connectivity index (χ1v) is 7.05. The summed E-state index contributed by atoms with van der Waals surface area (Å²) in [6.07, 6.45) is 2.47. The van der Waals surface area contributed by atoms with E-state index < -0.39 is 0 Å². The molecular weight excluding hydrogens is 228 g/mol. The second-order valence-electron chi connectivity index (χ2n) is 5.07. The molecule has 0 aromatic carbocycles. The van der Waals surface area contributed by atoms with E-state index in [1.807, 2.05) is 13.8 Å². The average molecular weight is 256 g/mol. The molecule has 0 aromatic rings. The van der Waals surface area contributed by atoms with Crippen LogP contribution >= 0.6 is 0 Å². The Morgan fingerprint density at radius 2 is 1.78 bits per heavy atom. The molecule has 106 valence electrons. The lowest BCUT2D eigenvalue weighted by Gasteiger charge is -2.12. The summed E-state index contributed by atoms with van der Waals surface area (Å²) in [6.45, 7) is 11.2. The summed E-state index contributed by atoms with van der Waals surface area (Å²) in [7, 11) is 0. The molecule has 2 amide bonds. The van der Waals surface area contributed by atoms with Crippen LogP contribution in [0.4, 0.5) is 0 Å². The lowest BCUT2D eigenvalue weighted by molar-refractivity contribution is -0.120. The number of nitrogens with one attached hydrogen (secondary N) is 2. The minimum atomic E-state index is 0.201. The van der Waals surface area contributed by atoms with Crippen molar-refractivity contribution in [1.29, 1.82) is 0 Å². The van der Waals surface area contributed by atoms with E-state index in [2.05, 4.69) is 31.4 Å². The minimum Gasteiger partial charge on any atom is -0.356 e. The summed E-state index contributed by atoms with van der Waals surface area (Å²) in [5.41, 5.74) is 0. The molecule has 0 aliphatic carbocycles. The third-order valence-corrected chi connectivity index (χ3v) is 3.02. The van der Waals surface area contributed by atoms with E-state index in [0.29, 0.717) is 17.9 Å². The number of hydrogen-bond acceptors (Lipinski definition) is 2. The predicted molar refractivity (Wildman–Crippen MR) is 74.1 cm³/mol. The molecule has 0 saturated carbocycles. The Kier molecular flexibility index (Phi) is 8.42. The third-order valence-electron chi connectivity index (χ3n) is 3.02. The van der Waals surface area contributed by atoms with Crippen molar-refractivity contribution in [3.05, 3.63) is 0 Å². The highest BCUT2D eigenvalue weighted by Gasteiger charge is 2.22.